The third-order valence-corrected chi connectivity index (χ3v) is 2.85. The van der Waals surface area contributed by atoms with Crippen molar-refractivity contribution in [2.45, 2.75) is 0 Å². The summed E-state index contributed by atoms with van der Waals surface area (Å²) < 4.78 is 2.19. The molecule has 94 valence electrons. The van der Waals surface area contributed by atoms with Gasteiger partial charge in [-0.2, -0.15) is 5.10 Å². The number of pyridine rings is 1. The summed E-state index contributed by atoms with van der Waals surface area (Å²) in [7, 11) is 0. The highest BCUT2D eigenvalue weighted by Gasteiger charge is 2.09. The van der Waals surface area contributed by atoms with Gasteiger partial charge in [0.05, 0.1) is 5.69 Å². The van der Waals surface area contributed by atoms with Crippen molar-refractivity contribution >= 4 is 17.9 Å². The van der Waals surface area contributed by atoms with E-state index in [0.29, 0.717) is 10.6 Å². The average molecular weight is 269 g/mol. The Labute approximate surface area is 114 Å². The lowest BCUT2D eigenvalue weighted by atomic mass is 10.3. The second kappa shape index (κ2) is 5.03. The molecule has 0 radical (unpaired) electrons. The van der Waals surface area contributed by atoms with Gasteiger partial charge in [-0.05, 0) is 36.5 Å². The zero-order chi connectivity index (χ0) is 13.1. The van der Waals surface area contributed by atoms with Crippen molar-refractivity contribution in [3.05, 3.63) is 59.5 Å². The Bertz CT molecular complexity index is 718. The molecule has 0 aliphatic carbocycles. The third kappa shape index (κ3) is 2.38. The highest BCUT2D eigenvalue weighted by atomic mass is 32.1. The fourth-order valence-corrected chi connectivity index (χ4v) is 1.89. The molecule has 0 fully saturated rings. The van der Waals surface area contributed by atoms with Gasteiger partial charge >= 0.3 is 0 Å². The van der Waals surface area contributed by atoms with Crippen LogP contribution in [0.3, 0.4) is 0 Å². The van der Waals surface area contributed by atoms with Gasteiger partial charge in [-0.15, -0.1) is 0 Å². The first-order valence-corrected chi connectivity index (χ1v) is 6.16. The molecular weight excluding hydrogens is 258 g/mol. The molecule has 0 aliphatic rings. The summed E-state index contributed by atoms with van der Waals surface area (Å²) >= 11 is 5.23. The number of nitrogens with zero attached hydrogens (tertiary/aromatic N) is 3. The molecule has 19 heavy (non-hydrogen) atoms. The predicted octanol–water partition coefficient (Wildman–Crippen LogP) is 2.88. The number of aromatic amines is 1. The molecule has 1 aromatic carbocycles. The van der Waals surface area contributed by atoms with Crippen LogP contribution < -0.4 is 5.43 Å². The minimum atomic E-state index is 0.490. The molecule has 0 bridgehead atoms. The maximum absolute atomic E-state index is 5.23. The highest BCUT2D eigenvalue weighted by Crippen LogP contribution is 2.15. The fourth-order valence-electron chi connectivity index (χ4n) is 1.71. The molecule has 3 rings (SSSR count). The van der Waals surface area contributed by atoms with Crippen molar-refractivity contribution in [3.8, 4) is 11.5 Å². The topological polar surface area (TPSA) is 58.5 Å². The van der Waals surface area contributed by atoms with Crippen LogP contribution >= 0.6 is 12.2 Å². The molecular formula is C13H11N5S. The number of aromatic nitrogens is 4. The summed E-state index contributed by atoms with van der Waals surface area (Å²) in [4.78, 5) is 4.27. The van der Waals surface area contributed by atoms with E-state index in [4.69, 9.17) is 12.2 Å². The van der Waals surface area contributed by atoms with Gasteiger partial charge in [0, 0.05) is 6.20 Å². The second-order valence-electron chi connectivity index (χ2n) is 3.88. The lowest BCUT2D eigenvalue weighted by Gasteiger charge is -2.09. The summed E-state index contributed by atoms with van der Waals surface area (Å²) in [6, 6.07) is 15.4. The Balaban J connectivity index is 2.03. The molecule has 3 aromatic rings. The van der Waals surface area contributed by atoms with Gasteiger partial charge in [-0.1, -0.05) is 24.3 Å². The van der Waals surface area contributed by atoms with Gasteiger partial charge < -0.3 is 0 Å². The molecule has 2 N–H and O–H groups in total. The van der Waals surface area contributed by atoms with E-state index in [2.05, 4.69) is 20.6 Å². The number of rotatable bonds is 3. The summed E-state index contributed by atoms with van der Waals surface area (Å²) in [5.74, 6) is 0.648. The first-order chi connectivity index (χ1) is 9.34. The normalized spacial score (nSPS) is 10.3. The van der Waals surface area contributed by atoms with E-state index in [0.717, 1.165) is 11.4 Å². The van der Waals surface area contributed by atoms with Crippen molar-refractivity contribution in [2.75, 3.05) is 5.43 Å². The van der Waals surface area contributed by atoms with Crippen LogP contribution in [0.5, 0.6) is 0 Å². The lowest BCUT2D eigenvalue weighted by molar-refractivity contribution is 0.937. The number of hydrogen-bond acceptors (Lipinski definition) is 4. The van der Waals surface area contributed by atoms with Crippen molar-refractivity contribution < 1.29 is 0 Å². The minimum Gasteiger partial charge on any atom is -0.290 e. The largest absolute Gasteiger partial charge is 0.290 e. The minimum absolute atomic E-state index is 0.490. The molecule has 0 atom stereocenters. The SMILES string of the molecule is S=c1[nH]nc(-c2ccccn2)n1Nc1ccccc1. The van der Waals surface area contributed by atoms with E-state index < -0.39 is 0 Å². The van der Waals surface area contributed by atoms with Gasteiger partial charge in [0.25, 0.3) is 0 Å². The van der Waals surface area contributed by atoms with E-state index in [-0.39, 0.29) is 0 Å². The van der Waals surface area contributed by atoms with Gasteiger partial charge in [0.15, 0.2) is 5.82 Å². The van der Waals surface area contributed by atoms with E-state index in [1.165, 1.54) is 0 Å². The van der Waals surface area contributed by atoms with Gasteiger partial charge in [0.1, 0.15) is 5.69 Å². The molecule has 6 heteroatoms. The molecule has 2 heterocycles. The van der Waals surface area contributed by atoms with Crippen molar-refractivity contribution in [3.63, 3.8) is 0 Å². The second-order valence-corrected chi connectivity index (χ2v) is 4.27. The molecule has 5 nitrogen and oxygen atoms in total. The molecule has 0 unspecified atom stereocenters. The zero-order valence-corrected chi connectivity index (χ0v) is 10.8. The number of benzene rings is 1. The van der Waals surface area contributed by atoms with E-state index in [1.807, 2.05) is 48.5 Å². The van der Waals surface area contributed by atoms with Crippen LogP contribution in [0.1, 0.15) is 0 Å². The Morgan fingerprint density at radius 2 is 1.84 bits per heavy atom. The first-order valence-electron chi connectivity index (χ1n) is 5.75. The van der Waals surface area contributed by atoms with E-state index in [1.54, 1.807) is 10.9 Å². The van der Waals surface area contributed by atoms with Crippen LogP contribution in [0.2, 0.25) is 0 Å². The van der Waals surface area contributed by atoms with Crippen LogP contribution in [0.4, 0.5) is 5.69 Å². The fraction of sp³-hybridized carbons (Fsp3) is 0. The standard InChI is InChI=1S/C13H11N5S/c19-13-16-15-12(11-8-4-5-9-14-11)18(13)17-10-6-2-1-3-7-10/h1-9,17H,(H,16,19). The van der Waals surface area contributed by atoms with Crippen LogP contribution in [-0.2, 0) is 0 Å². The number of nitrogens with one attached hydrogen (secondary N) is 2. The van der Waals surface area contributed by atoms with Gasteiger partial charge in [0.2, 0.25) is 4.77 Å². The molecule has 0 saturated heterocycles. The monoisotopic (exact) mass is 269 g/mol. The Morgan fingerprint density at radius 1 is 1.05 bits per heavy atom. The first kappa shape index (κ1) is 11.6. The Hall–Kier alpha value is -2.47. The smallest absolute Gasteiger partial charge is 0.215 e. The van der Waals surface area contributed by atoms with E-state index >= 15 is 0 Å². The number of anilines is 1. The zero-order valence-electron chi connectivity index (χ0n) is 9.95. The molecule has 2 aromatic heterocycles. The lowest BCUT2D eigenvalue weighted by Crippen LogP contribution is -2.11. The molecule has 0 aliphatic heterocycles. The highest BCUT2D eigenvalue weighted by molar-refractivity contribution is 7.71. The van der Waals surface area contributed by atoms with Gasteiger partial charge in [-0.3, -0.25) is 10.4 Å². The number of para-hydroxylation sites is 1. The van der Waals surface area contributed by atoms with Crippen LogP contribution in [0.25, 0.3) is 11.5 Å². The summed E-state index contributed by atoms with van der Waals surface area (Å²) in [6.45, 7) is 0. The van der Waals surface area contributed by atoms with Crippen LogP contribution in [0, 0.1) is 4.77 Å². The summed E-state index contributed by atoms with van der Waals surface area (Å²) in [5, 5.41) is 6.97. The maximum Gasteiger partial charge on any atom is 0.215 e. The van der Waals surface area contributed by atoms with Crippen molar-refractivity contribution in [1.29, 1.82) is 0 Å². The Kier molecular flexibility index (Phi) is 3.07. The number of H-pyrrole nitrogens is 1. The average Bonchev–Trinajstić information content (AvgIpc) is 2.82. The molecule has 0 spiro atoms. The summed E-state index contributed by atoms with van der Waals surface area (Å²) in [6.07, 6.45) is 1.72. The number of hydrogen-bond donors (Lipinski definition) is 2. The van der Waals surface area contributed by atoms with Crippen molar-refractivity contribution in [2.24, 2.45) is 0 Å². The van der Waals surface area contributed by atoms with Gasteiger partial charge in [-0.25, -0.2) is 9.77 Å². The quantitative estimate of drug-likeness (QED) is 0.718. The predicted molar refractivity (Wildman–Crippen MR) is 76.1 cm³/mol. The molecule has 0 amide bonds. The van der Waals surface area contributed by atoms with Crippen LogP contribution in [0.15, 0.2) is 54.7 Å². The van der Waals surface area contributed by atoms with Crippen LogP contribution in [-0.4, -0.2) is 19.9 Å². The molecule has 0 saturated carbocycles. The van der Waals surface area contributed by atoms with E-state index in [9.17, 15) is 0 Å². The summed E-state index contributed by atoms with van der Waals surface area (Å²) in [5.41, 5.74) is 4.87. The Morgan fingerprint density at radius 3 is 2.58 bits per heavy atom. The van der Waals surface area contributed by atoms with Crippen molar-refractivity contribution in [1.82, 2.24) is 19.9 Å². The third-order valence-electron chi connectivity index (χ3n) is 2.58. The maximum atomic E-state index is 5.23.